The Labute approximate surface area is 145 Å². The van der Waals surface area contributed by atoms with Gasteiger partial charge >= 0.3 is 5.97 Å². The van der Waals surface area contributed by atoms with Crippen molar-refractivity contribution in [3.63, 3.8) is 0 Å². The van der Waals surface area contributed by atoms with Gasteiger partial charge in [-0.3, -0.25) is 4.79 Å². The minimum absolute atomic E-state index is 0.0349. The SMILES string of the molecule is CC(C)(C)c1csc(CCNC(=O)Cc2cccc(C(=O)O)c2)n1. The first-order valence-corrected chi connectivity index (χ1v) is 8.67. The van der Waals surface area contributed by atoms with Crippen molar-refractivity contribution in [3.8, 4) is 0 Å². The molecule has 24 heavy (non-hydrogen) atoms. The van der Waals surface area contributed by atoms with Crippen molar-refractivity contribution in [2.24, 2.45) is 0 Å². The summed E-state index contributed by atoms with van der Waals surface area (Å²) >= 11 is 1.61. The molecule has 2 rings (SSSR count). The maximum absolute atomic E-state index is 12.0. The summed E-state index contributed by atoms with van der Waals surface area (Å²) in [4.78, 5) is 27.5. The number of hydrogen-bond donors (Lipinski definition) is 2. The number of benzene rings is 1. The van der Waals surface area contributed by atoms with Gasteiger partial charge < -0.3 is 10.4 Å². The Morgan fingerprint density at radius 3 is 2.67 bits per heavy atom. The third-order valence-electron chi connectivity index (χ3n) is 3.52. The molecule has 0 aliphatic rings. The molecule has 0 saturated carbocycles. The number of carbonyl (C=O) groups excluding carboxylic acids is 1. The molecule has 0 bridgehead atoms. The van der Waals surface area contributed by atoms with Crippen LogP contribution in [0.4, 0.5) is 0 Å². The third-order valence-corrected chi connectivity index (χ3v) is 4.43. The largest absolute Gasteiger partial charge is 0.478 e. The number of hydrogen-bond acceptors (Lipinski definition) is 4. The van der Waals surface area contributed by atoms with E-state index in [0.717, 1.165) is 10.7 Å². The summed E-state index contributed by atoms with van der Waals surface area (Å²) in [5.74, 6) is -1.11. The molecule has 6 heteroatoms. The Hall–Kier alpha value is -2.21. The van der Waals surface area contributed by atoms with Crippen molar-refractivity contribution in [1.29, 1.82) is 0 Å². The number of amides is 1. The lowest BCUT2D eigenvalue weighted by Crippen LogP contribution is -2.27. The standard InChI is InChI=1S/C18H22N2O3S/c1-18(2,3)14-11-24-16(20-14)7-8-19-15(21)10-12-5-4-6-13(9-12)17(22)23/h4-6,9,11H,7-8,10H2,1-3H3,(H,19,21)(H,22,23). The Kier molecular flexibility index (Phi) is 5.72. The van der Waals surface area contributed by atoms with E-state index in [0.29, 0.717) is 18.5 Å². The molecule has 1 aromatic carbocycles. The molecule has 5 nitrogen and oxygen atoms in total. The zero-order valence-corrected chi connectivity index (χ0v) is 14.9. The van der Waals surface area contributed by atoms with E-state index in [4.69, 9.17) is 5.11 Å². The second-order valence-electron chi connectivity index (χ2n) is 6.66. The van der Waals surface area contributed by atoms with Gasteiger partial charge in [0.05, 0.1) is 22.7 Å². The molecule has 0 fully saturated rings. The lowest BCUT2D eigenvalue weighted by Gasteiger charge is -2.14. The van der Waals surface area contributed by atoms with Gasteiger partial charge in [0.1, 0.15) is 0 Å². The predicted octanol–water partition coefficient (Wildman–Crippen LogP) is 3.04. The van der Waals surface area contributed by atoms with Gasteiger partial charge in [-0.05, 0) is 17.7 Å². The van der Waals surface area contributed by atoms with Crippen molar-refractivity contribution in [3.05, 3.63) is 51.5 Å². The normalized spacial score (nSPS) is 11.3. The summed E-state index contributed by atoms with van der Waals surface area (Å²) in [6, 6.07) is 6.44. The monoisotopic (exact) mass is 346 g/mol. The average Bonchev–Trinajstić information content (AvgIpc) is 2.96. The molecule has 0 aliphatic carbocycles. The van der Waals surface area contributed by atoms with Crippen molar-refractivity contribution >= 4 is 23.2 Å². The quantitative estimate of drug-likeness (QED) is 0.842. The second kappa shape index (κ2) is 7.57. The van der Waals surface area contributed by atoms with Crippen LogP contribution in [-0.2, 0) is 23.1 Å². The highest BCUT2D eigenvalue weighted by Crippen LogP contribution is 2.23. The van der Waals surface area contributed by atoms with E-state index in [2.05, 4.69) is 36.5 Å². The summed E-state index contributed by atoms with van der Waals surface area (Å²) in [6.07, 6.45) is 0.869. The van der Waals surface area contributed by atoms with E-state index in [9.17, 15) is 9.59 Å². The number of nitrogens with one attached hydrogen (secondary N) is 1. The number of aromatic carboxylic acids is 1. The molecule has 2 N–H and O–H groups in total. The molecule has 1 heterocycles. The lowest BCUT2D eigenvalue weighted by molar-refractivity contribution is -0.120. The Morgan fingerprint density at radius 1 is 1.29 bits per heavy atom. The predicted molar refractivity (Wildman–Crippen MR) is 94.6 cm³/mol. The summed E-state index contributed by atoms with van der Waals surface area (Å²) in [7, 11) is 0. The Balaban J connectivity index is 1.82. The van der Waals surface area contributed by atoms with E-state index in [1.807, 2.05) is 0 Å². The minimum Gasteiger partial charge on any atom is -0.478 e. The fraction of sp³-hybridized carbons (Fsp3) is 0.389. The van der Waals surface area contributed by atoms with E-state index < -0.39 is 5.97 Å². The molecule has 0 saturated heterocycles. The van der Waals surface area contributed by atoms with Crippen molar-refractivity contribution < 1.29 is 14.7 Å². The van der Waals surface area contributed by atoms with Crippen molar-refractivity contribution in [2.75, 3.05) is 6.54 Å². The van der Waals surface area contributed by atoms with Gasteiger partial charge in [0.15, 0.2) is 0 Å². The minimum atomic E-state index is -0.990. The zero-order valence-electron chi connectivity index (χ0n) is 14.1. The van der Waals surface area contributed by atoms with Crippen LogP contribution in [0.2, 0.25) is 0 Å². The summed E-state index contributed by atoms with van der Waals surface area (Å²) in [5, 5.41) is 14.9. The van der Waals surface area contributed by atoms with Crippen LogP contribution in [-0.4, -0.2) is 28.5 Å². The number of carbonyl (C=O) groups is 2. The van der Waals surface area contributed by atoms with Crippen LogP contribution in [0, 0.1) is 0 Å². The van der Waals surface area contributed by atoms with Gasteiger partial charge in [0, 0.05) is 23.8 Å². The maximum atomic E-state index is 12.0. The molecular weight excluding hydrogens is 324 g/mol. The van der Waals surface area contributed by atoms with Gasteiger partial charge in [-0.25, -0.2) is 9.78 Å². The lowest BCUT2D eigenvalue weighted by atomic mass is 9.93. The van der Waals surface area contributed by atoms with Crippen LogP contribution in [0.5, 0.6) is 0 Å². The van der Waals surface area contributed by atoms with Gasteiger partial charge in [0.2, 0.25) is 5.91 Å². The average molecular weight is 346 g/mol. The van der Waals surface area contributed by atoms with Crippen LogP contribution in [0.1, 0.15) is 47.4 Å². The van der Waals surface area contributed by atoms with E-state index in [1.165, 1.54) is 12.1 Å². The highest BCUT2D eigenvalue weighted by Gasteiger charge is 2.17. The number of nitrogens with zero attached hydrogens (tertiary/aromatic N) is 1. The van der Waals surface area contributed by atoms with Gasteiger partial charge in [-0.15, -0.1) is 11.3 Å². The van der Waals surface area contributed by atoms with E-state index >= 15 is 0 Å². The van der Waals surface area contributed by atoms with Crippen molar-refractivity contribution in [1.82, 2.24) is 10.3 Å². The van der Waals surface area contributed by atoms with Crippen LogP contribution >= 0.6 is 11.3 Å². The highest BCUT2D eigenvalue weighted by molar-refractivity contribution is 7.09. The molecule has 0 unspecified atom stereocenters. The van der Waals surface area contributed by atoms with Gasteiger partial charge in [-0.2, -0.15) is 0 Å². The molecule has 0 radical (unpaired) electrons. The molecule has 0 aliphatic heterocycles. The number of rotatable bonds is 6. The summed E-state index contributed by atoms with van der Waals surface area (Å²) in [6.45, 7) is 6.89. The zero-order chi connectivity index (χ0) is 17.7. The number of thiazole rings is 1. The summed E-state index contributed by atoms with van der Waals surface area (Å²) < 4.78 is 0. The van der Waals surface area contributed by atoms with Gasteiger partial charge in [-0.1, -0.05) is 32.9 Å². The van der Waals surface area contributed by atoms with Crippen LogP contribution < -0.4 is 5.32 Å². The van der Waals surface area contributed by atoms with E-state index in [1.54, 1.807) is 23.5 Å². The number of aromatic nitrogens is 1. The molecule has 2 aromatic rings. The molecular formula is C18H22N2O3S. The first kappa shape index (κ1) is 18.1. The topological polar surface area (TPSA) is 79.3 Å². The first-order valence-electron chi connectivity index (χ1n) is 7.79. The fourth-order valence-electron chi connectivity index (χ4n) is 2.14. The van der Waals surface area contributed by atoms with Crippen molar-refractivity contribution in [2.45, 2.75) is 39.0 Å². The maximum Gasteiger partial charge on any atom is 0.335 e. The number of carboxylic acid groups (broad SMARTS) is 1. The van der Waals surface area contributed by atoms with Crippen LogP contribution in [0.15, 0.2) is 29.6 Å². The molecule has 1 amide bonds. The van der Waals surface area contributed by atoms with Gasteiger partial charge in [0.25, 0.3) is 0 Å². The molecule has 0 spiro atoms. The summed E-state index contributed by atoms with van der Waals surface area (Å²) in [5.41, 5.74) is 1.99. The highest BCUT2D eigenvalue weighted by atomic mass is 32.1. The van der Waals surface area contributed by atoms with Crippen LogP contribution in [0.25, 0.3) is 0 Å². The van der Waals surface area contributed by atoms with Crippen LogP contribution in [0.3, 0.4) is 0 Å². The number of carboxylic acids is 1. The Morgan fingerprint density at radius 2 is 2.04 bits per heavy atom. The Bertz CT molecular complexity index is 732. The molecule has 1 aromatic heterocycles. The second-order valence-corrected chi connectivity index (χ2v) is 7.60. The third kappa shape index (κ3) is 5.16. The van der Waals surface area contributed by atoms with E-state index in [-0.39, 0.29) is 23.3 Å². The smallest absolute Gasteiger partial charge is 0.335 e. The molecule has 128 valence electrons. The molecule has 0 atom stereocenters. The first-order chi connectivity index (χ1) is 11.3. The fourth-order valence-corrected chi connectivity index (χ4v) is 3.17.